The number of hydrogen-bond donors (Lipinski definition) is 0. The third-order valence-electron chi connectivity index (χ3n) is 2.65. The molecule has 0 bridgehead atoms. The minimum Gasteiger partial charge on any atom is -0.239 e. The van der Waals surface area contributed by atoms with Crippen LogP contribution in [0.25, 0.3) is 9.88 Å². The van der Waals surface area contributed by atoms with Crippen LogP contribution < -0.4 is 0 Å². The van der Waals surface area contributed by atoms with Gasteiger partial charge in [0.15, 0.2) is 9.84 Å². The number of sulfone groups is 1. The van der Waals surface area contributed by atoms with Gasteiger partial charge in [0, 0.05) is 11.8 Å². The molecule has 4 nitrogen and oxygen atoms in total. The zero-order valence-electron chi connectivity index (χ0n) is 10.8. The van der Waals surface area contributed by atoms with E-state index in [1.54, 1.807) is 11.3 Å². The molecule has 0 saturated heterocycles. The van der Waals surface area contributed by atoms with Crippen molar-refractivity contribution in [3.05, 3.63) is 28.6 Å². The molecule has 0 saturated carbocycles. The average molecular weight is 326 g/mol. The van der Waals surface area contributed by atoms with Gasteiger partial charge in [0.1, 0.15) is 5.01 Å². The Hall–Kier alpha value is -1.23. The van der Waals surface area contributed by atoms with Gasteiger partial charge in [-0.2, -0.15) is 5.26 Å². The van der Waals surface area contributed by atoms with Gasteiger partial charge in [-0.3, -0.25) is 0 Å². The molecule has 0 radical (unpaired) electrons. The standard InChI is InChI=1S/C13H14N2O2S3/c14-6-2-1-3-8-20(16,17)10-11-9-19-13(15-11)12-5-4-7-18-12/h4-5,7,9H,1-3,8,10H2. The first-order valence-electron chi connectivity index (χ1n) is 6.16. The van der Waals surface area contributed by atoms with E-state index in [1.165, 1.54) is 11.3 Å². The largest absolute Gasteiger partial charge is 0.239 e. The molecule has 0 unspecified atom stereocenters. The number of rotatable bonds is 7. The molecule has 2 heterocycles. The highest BCUT2D eigenvalue weighted by atomic mass is 32.2. The summed E-state index contributed by atoms with van der Waals surface area (Å²) in [5.74, 6) is 0.113. The molecule has 0 aliphatic carbocycles. The van der Waals surface area contributed by atoms with Crippen LogP contribution in [-0.2, 0) is 15.6 Å². The number of nitrogens with zero attached hydrogens (tertiary/aromatic N) is 2. The van der Waals surface area contributed by atoms with Crippen LogP contribution >= 0.6 is 22.7 Å². The third kappa shape index (κ3) is 4.40. The van der Waals surface area contributed by atoms with E-state index in [1.807, 2.05) is 29.0 Å². The van der Waals surface area contributed by atoms with Gasteiger partial charge in [-0.15, -0.1) is 22.7 Å². The molecule has 2 aromatic rings. The number of hydrogen-bond acceptors (Lipinski definition) is 6. The van der Waals surface area contributed by atoms with Gasteiger partial charge in [0.2, 0.25) is 0 Å². The predicted octanol–water partition coefficient (Wildman–Crippen LogP) is 3.48. The van der Waals surface area contributed by atoms with Crippen LogP contribution in [-0.4, -0.2) is 19.2 Å². The molecule has 0 aromatic carbocycles. The fourth-order valence-corrected chi connectivity index (χ4v) is 4.84. The SMILES string of the molecule is N#CCCCCS(=O)(=O)Cc1csc(-c2cccs2)n1. The second-order valence-corrected chi connectivity index (χ2v) is 8.32. The Kier molecular flexibility index (Phi) is 5.29. The molecule has 0 N–H and O–H groups in total. The Labute approximate surface area is 126 Å². The molecule has 2 rings (SSSR count). The fraction of sp³-hybridized carbons (Fsp3) is 0.385. The van der Waals surface area contributed by atoms with Crippen LogP contribution in [0.3, 0.4) is 0 Å². The second-order valence-electron chi connectivity index (χ2n) is 4.33. The van der Waals surface area contributed by atoms with E-state index < -0.39 is 9.84 Å². The normalized spacial score (nSPS) is 11.3. The highest BCUT2D eigenvalue weighted by Crippen LogP contribution is 2.28. The maximum absolute atomic E-state index is 11.9. The maximum Gasteiger partial charge on any atom is 0.156 e. The monoisotopic (exact) mass is 326 g/mol. The van der Waals surface area contributed by atoms with E-state index in [-0.39, 0.29) is 11.5 Å². The molecule has 0 aliphatic heterocycles. The summed E-state index contributed by atoms with van der Waals surface area (Å²) in [7, 11) is -3.13. The van der Waals surface area contributed by atoms with Crippen molar-refractivity contribution in [3.63, 3.8) is 0 Å². The van der Waals surface area contributed by atoms with Gasteiger partial charge in [0.05, 0.1) is 28.1 Å². The zero-order valence-corrected chi connectivity index (χ0v) is 13.2. The highest BCUT2D eigenvalue weighted by Gasteiger charge is 2.15. The first-order chi connectivity index (χ1) is 9.61. The fourth-order valence-electron chi connectivity index (χ4n) is 1.71. The maximum atomic E-state index is 11.9. The van der Waals surface area contributed by atoms with E-state index in [2.05, 4.69) is 4.98 Å². The van der Waals surface area contributed by atoms with Crippen LogP contribution in [0.4, 0.5) is 0 Å². The van der Waals surface area contributed by atoms with Crippen LogP contribution in [0.5, 0.6) is 0 Å². The van der Waals surface area contributed by atoms with Gasteiger partial charge in [-0.05, 0) is 24.3 Å². The van der Waals surface area contributed by atoms with E-state index in [9.17, 15) is 8.42 Å². The number of unbranched alkanes of at least 4 members (excludes halogenated alkanes) is 2. The average Bonchev–Trinajstić information content (AvgIpc) is 3.04. The van der Waals surface area contributed by atoms with Crippen molar-refractivity contribution in [1.82, 2.24) is 4.98 Å². The lowest BCUT2D eigenvalue weighted by atomic mass is 10.3. The van der Waals surface area contributed by atoms with Crippen LogP contribution in [0, 0.1) is 11.3 Å². The molecule has 0 fully saturated rings. The van der Waals surface area contributed by atoms with Crippen molar-refractivity contribution in [3.8, 4) is 16.0 Å². The summed E-state index contributed by atoms with van der Waals surface area (Å²) in [5.41, 5.74) is 0.610. The molecule has 106 valence electrons. The third-order valence-corrected chi connectivity index (χ3v) is 6.22. The summed E-state index contributed by atoms with van der Waals surface area (Å²) in [4.78, 5) is 5.44. The summed E-state index contributed by atoms with van der Waals surface area (Å²) in [5, 5.41) is 13.1. The molecule has 0 aliphatic rings. The minimum absolute atomic E-state index is 0.0125. The van der Waals surface area contributed by atoms with Crippen molar-refractivity contribution in [1.29, 1.82) is 5.26 Å². The smallest absolute Gasteiger partial charge is 0.156 e. The second kappa shape index (κ2) is 6.97. The minimum atomic E-state index is -3.13. The molecular formula is C13H14N2O2S3. The lowest BCUT2D eigenvalue weighted by molar-refractivity contribution is 0.590. The lowest BCUT2D eigenvalue weighted by Crippen LogP contribution is -2.09. The van der Waals surface area contributed by atoms with Gasteiger partial charge in [0.25, 0.3) is 0 Å². The number of aromatic nitrogens is 1. The van der Waals surface area contributed by atoms with Gasteiger partial charge < -0.3 is 0 Å². The first kappa shape index (κ1) is 15.2. The Morgan fingerprint density at radius 3 is 2.85 bits per heavy atom. The summed E-state index contributed by atoms with van der Waals surface area (Å²) < 4.78 is 23.9. The van der Waals surface area contributed by atoms with Crippen molar-refractivity contribution < 1.29 is 8.42 Å². The van der Waals surface area contributed by atoms with E-state index in [4.69, 9.17) is 5.26 Å². The highest BCUT2D eigenvalue weighted by molar-refractivity contribution is 7.90. The Bertz CT molecular complexity index is 682. The Balaban J connectivity index is 1.94. The van der Waals surface area contributed by atoms with Crippen molar-refractivity contribution in [2.75, 3.05) is 5.75 Å². The molecule has 0 spiro atoms. The summed E-state index contributed by atoms with van der Waals surface area (Å²) in [6, 6.07) is 5.95. The van der Waals surface area contributed by atoms with Crippen molar-refractivity contribution in [2.45, 2.75) is 25.0 Å². The molecule has 0 atom stereocenters. The van der Waals surface area contributed by atoms with Crippen LogP contribution in [0.15, 0.2) is 22.9 Å². The Morgan fingerprint density at radius 1 is 1.30 bits per heavy atom. The van der Waals surface area contributed by atoms with Gasteiger partial charge >= 0.3 is 0 Å². The van der Waals surface area contributed by atoms with E-state index >= 15 is 0 Å². The molecule has 2 aromatic heterocycles. The van der Waals surface area contributed by atoms with Gasteiger partial charge in [-0.1, -0.05) is 6.07 Å². The summed E-state index contributed by atoms with van der Waals surface area (Å²) in [6.07, 6.45) is 1.58. The van der Waals surface area contributed by atoms with Gasteiger partial charge in [-0.25, -0.2) is 13.4 Å². The summed E-state index contributed by atoms with van der Waals surface area (Å²) in [6.45, 7) is 0. The van der Waals surface area contributed by atoms with Crippen LogP contribution in [0.1, 0.15) is 25.0 Å². The number of thiazole rings is 1. The first-order valence-corrected chi connectivity index (χ1v) is 9.74. The molecular weight excluding hydrogens is 312 g/mol. The molecule has 0 amide bonds. The summed E-state index contributed by atoms with van der Waals surface area (Å²) >= 11 is 3.07. The number of nitriles is 1. The van der Waals surface area contributed by atoms with Crippen LogP contribution in [0.2, 0.25) is 0 Å². The van der Waals surface area contributed by atoms with E-state index in [0.29, 0.717) is 25.0 Å². The molecule has 20 heavy (non-hydrogen) atoms. The lowest BCUT2D eigenvalue weighted by Gasteiger charge is -2.00. The number of thiophene rings is 1. The van der Waals surface area contributed by atoms with E-state index in [0.717, 1.165) is 9.88 Å². The molecule has 7 heteroatoms. The van der Waals surface area contributed by atoms with Crippen molar-refractivity contribution >= 4 is 32.5 Å². The Morgan fingerprint density at radius 2 is 2.15 bits per heavy atom. The van der Waals surface area contributed by atoms with Crippen molar-refractivity contribution in [2.24, 2.45) is 0 Å². The quantitative estimate of drug-likeness (QED) is 0.730. The zero-order chi connectivity index (χ0) is 14.4. The predicted molar refractivity (Wildman–Crippen MR) is 82.4 cm³/mol. The topological polar surface area (TPSA) is 70.8 Å².